The van der Waals surface area contributed by atoms with Crippen molar-refractivity contribution in [3.05, 3.63) is 22.8 Å². The van der Waals surface area contributed by atoms with Crippen molar-refractivity contribution >= 4 is 23.2 Å². The largest absolute Gasteiger partial charge is 0.372 e. The van der Waals surface area contributed by atoms with Gasteiger partial charge in [0.2, 0.25) is 0 Å². The number of nitrogens with zero attached hydrogens (tertiary/aromatic N) is 1. The third kappa shape index (κ3) is 2.17. The maximum absolute atomic E-state index is 12.3. The Morgan fingerprint density at radius 2 is 2.26 bits per heavy atom. The van der Waals surface area contributed by atoms with Crippen molar-refractivity contribution in [2.75, 3.05) is 6.61 Å². The topological polar surface area (TPSA) is 86.4 Å². The van der Waals surface area contributed by atoms with Gasteiger partial charge in [-0.3, -0.25) is 10.2 Å². The minimum atomic E-state index is -0.201. The number of allylic oxidation sites excluding steroid dienone is 2. The number of hydrogen-bond acceptors (Lipinski definition) is 4. The van der Waals surface area contributed by atoms with E-state index >= 15 is 0 Å². The van der Waals surface area contributed by atoms with E-state index in [4.69, 9.17) is 27.3 Å². The molecule has 19 heavy (non-hydrogen) atoms. The zero-order valence-electron chi connectivity index (χ0n) is 10.2. The van der Waals surface area contributed by atoms with Gasteiger partial charge in [-0.05, 0) is 18.9 Å². The molecule has 2 N–H and O–H groups in total. The molecule has 0 bridgehead atoms. The molecule has 6 heteroatoms. The van der Waals surface area contributed by atoms with Crippen LogP contribution in [0.2, 0.25) is 0 Å². The first-order valence-electron chi connectivity index (χ1n) is 6.32. The standard InChI is InChI=1S/C13H14ClN3O2/c14-10-4-7(3-6-1-2-19-12(6)10)11(18)8-5-9(8)13(15)17-16/h3-4,6,8-9,12,15-16H,1-2,5H2/t6?,8-,9-,12?/m0/s1. The maximum atomic E-state index is 12.3. The third-order valence-electron chi connectivity index (χ3n) is 3.98. The minimum absolute atomic E-state index is 0.00749. The summed E-state index contributed by atoms with van der Waals surface area (Å²) in [7, 11) is 0. The highest BCUT2D eigenvalue weighted by molar-refractivity contribution is 6.31. The van der Waals surface area contributed by atoms with Gasteiger partial charge in [0.05, 0.1) is 6.10 Å². The second-order valence-corrected chi connectivity index (χ2v) is 5.64. The van der Waals surface area contributed by atoms with Gasteiger partial charge in [0, 0.05) is 35.0 Å². The van der Waals surface area contributed by atoms with Gasteiger partial charge in [-0.2, -0.15) is 0 Å². The van der Waals surface area contributed by atoms with Gasteiger partial charge in [-0.1, -0.05) is 17.7 Å². The number of carbonyl (C=O) groups is 1. The summed E-state index contributed by atoms with van der Waals surface area (Å²) in [6.07, 6.45) is 5.05. The Balaban J connectivity index is 1.75. The summed E-state index contributed by atoms with van der Waals surface area (Å²) >= 11 is 6.16. The van der Waals surface area contributed by atoms with Crippen LogP contribution in [0.15, 0.2) is 27.9 Å². The Bertz CT molecular complexity index is 526. The van der Waals surface area contributed by atoms with E-state index in [-0.39, 0.29) is 35.5 Å². The predicted octanol–water partition coefficient (Wildman–Crippen LogP) is 2.67. The summed E-state index contributed by atoms with van der Waals surface area (Å²) in [5, 5.41) is 11.1. The molecule has 3 aliphatic rings. The molecule has 0 spiro atoms. The van der Waals surface area contributed by atoms with Crippen LogP contribution in [0.1, 0.15) is 12.8 Å². The summed E-state index contributed by atoms with van der Waals surface area (Å²) in [5.74, 6) is -0.189. The van der Waals surface area contributed by atoms with Crippen LogP contribution < -0.4 is 0 Å². The average Bonchev–Trinajstić information content (AvgIpc) is 3.06. The molecule has 1 aliphatic heterocycles. The molecule has 1 heterocycles. The molecule has 0 aromatic rings. The summed E-state index contributed by atoms with van der Waals surface area (Å²) in [6.45, 7) is 0.672. The van der Waals surface area contributed by atoms with Gasteiger partial charge in [-0.15, -0.1) is 5.11 Å². The normalized spacial score (nSPS) is 36.1. The van der Waals surface area contributed by atoms with Crippen molar-refractivity contribution in [1.82, 2.24) is 0 Å². The first kappa shape index (κ1) is 12.7. The molecular formula is C13H14ClN3O2. The Kier molecular flexibility index (Phi) is 3.11. The maximum Gasteiger partial charge on any atom is 0.166 e. The van der Waals surface area contributed by atoms with E-state index in [1.165, 1.54) is 0 Å². The quantitative estimate of drug-likeness (QED) is 0.473. The predicted molar refractivity (Wildman–Crippen MR) is 69.3 cm³/mol. The van der Waals surface area contributed by atoms with Gasteiger partial charge in [-0.25, -0.2) is 5.53 Å². The second kappa shape index (κ2) is 4.65. The van der Waals surface area contributed by atoms with E-state index < -0.39 is 0 Å². The number of amidine groups is 1. The Hall–Kier alpha value is -1.33. The summed E-state index contributed by atoms with van der Waals surface area (Å²) in [4.78, 5) is 12.3. The molecular weight excluding hydrogens is 266 g/mol. The molecule has 1 saturated carbocycles. The van der Waals surface area contributed by atoms with Crippen LogP contribution in [0.5, 0.6) is 0 Å². The van der Waals surface area contributed by atoms with Crippen LogP contribution in [0, 0.1) is 28.7 Å². The molecule has 0 radical (unpaired) electrons. The van der Waals surface area contributed by atoms with Crippen LogP contribution >= 0.6 is 11.6 Å². The Morgan fingerprint density at radius 3 is 3.00 bits per heavy atom. The number of ketones is 1. The van der Waals surface area contributed by atoms with Crippen LogP contribution in [0.3, 0.4) is 0 Å². The molecule has 3 rings (SSSR count). The van der Waals surface area contributed by atoms with Crippen LogP contribution in [0.4, 0.5) is 0 Å². The number of hydrogen-bond donors (Lipinski definition) is 2. The molecule has 5 nitrogen and oxygen atoms in total. The number of fused-ring (bicyclic) bond motifs is 1. The monoisotopic (exact) mass is 279 g/mol. The van der Waals surface area contributed by atoms with Crippen LogP contribution in [0.25, 0.3) is 0 Å². The third-order valence-corrected chi connectivity index (χ3v) is 4.30. The zero-order chi connectivity index (χ0) is 13.6. The molecule has 4 atom stereocenters. The molecule has 2 unspecified atom stereocenters. The van der Waals surface area contributed by atoms with E-state index in [0.717, 1.165) is 6.42 Å². The van der Waals surface area contributed by atoms with Crippen molar-refractivity contribution in [3.63, 3.8) is 0 Å². The van der Waals surface area contributed by atoms with Crippen molar-refractivity contribution in [2.24, 2.45) is 22.9 Å². The van der Waals surface area contributed by atoms with Crippen LogP contribution in [-0.2, 0) is 9.53 Å². The van der Waals surface area contributed by atoms with Crippen molar-refractivity contribution in [1.29, 1.82) is 10.9 Å². The number of nitrogens with one attached hydrogen (secondary N) is 2. The summed E-state index contributed by atoms with van der Waals surface area (Å²) in [6, 6.07) is 0. The van der Waals surface area contributed by atoms with E-state index in [1.807, 2.05) is 6.08 Å². The van der Waals surface area contributed by atoms with Gasteiger partial charge in [0.15, 0.2) is 5.78 Å². The lowest BCUT2D eigenvalue weighted by atomic mass is 9.90. The summed E-state index contributed by atoms with van der Waals surface area (Å²) in [5.41, 5.74) is 7.43. The smallest absolute Gasteiger partial charge is 0.166 e. The number of carbonyl (C=O) groups excluding carboxylic acids is 1. The number of rotatable bonds is 3. The highest BCUT2D eigenvalue weighted by Gasteiger charge is 2.47. The van der Waals surface area contributed by atoms with Crippen LogP contribution in [-0.4, -0.2) is 24.3 Å². The average molecular weight is 280 g/mol. The highest BCUT2D eigenvalue weighted by atomic mass is 35.5. The van der Waals surface area contributed by atoms with Gasteiger partial charge >= 0.3 is 0 Å². The van der Waals surface area contributed by atoms with E-state index in [0.29, 0.717) is 23.6 Å². The fourth-order valence-electron chi connectivity index (χ4n) is 2.81. The summed E-state index contributed by atoms with van der Waals surface area (Å²) < 4.78 is 5.52. The fourth-order valence-corrected chi connectivity index (χ4v) is 3.15. The number of halogens is 1. The van der Waals surface area contributed by atoms with E-state index in [2.05, 4.69) is 5.11 Å². The zero-order valence-corrected chi connectivity index (χ0v) is 11.0. The fraction of sp³-hybridized carbons (Fsp3) is 0.538. The van der Waals surface area contributed by atoms with E-state index in [1.54, 1.807) is 6.08 Å². The van der Waals surface area contributed by atoms with Gasteiger partial charge in [0.1, 0.15) is 5.84 Å². The molecule has 1 saturated heterocycles. The first-order chi connectivity index (χ1) is 9.11. The molecule has 0 amide bonds. The van der Waals surface area contributed by atoms with Crippen molar-refractivity contribution in [2.45, 2.75) is 18.9 Å². The van der Waals surface area contributed by atoms with Gasteiger partial charge < -0.3 is 4.74 Å². The molecule has 2 fully saturated rings. The molecule has 100 valence electrons. The Morgan fingerprint density at radius 1 is 1.47 bits per heavy atom. The van der Waals surface area contributed by atoms with Gasteiger partial charge in [0.25, 0.3) is 0 Å². The number of Topliss-reactive ketones (excluding diaryl/α,β-unsaturated/α-hetero) is 1. The lowest BCUT2D eigenvalue weighted by Crippen LogP contribution is -2.21. The van der Waals surface area contributed by atoms with Crippen molar-refractivity contribution in [3.8, 4) is 0 Å². The number of ether oxygens (including phenoxy) is 1. The minimum Gasteiger partial charge on any atom is -0.372 e. The molecule has 0 aromatic heterocycles. The van der Waals surface area contributed by atoms with E-state index in [9.17, 15) is 4.79 Å². The molecule has 0 aromatic carbocycles. The van der Waals surface area contributed by atoms with Crippen molar-refractivity contribution < 1.29 is 9.53 Å². The lowest BCUT2D eigenvalue weighted by molar-refractivity contribution is -0.116. The SMILES string of the molecule is N=NC(=N)[C@H]1C[C@@H]1C(=O)C1=CC2CCOC2C(Cl)=C1. The molecule has 2 aliphatic carbocycles. The Labute approximate surface area is 115 Å². The highest BCUT2D eigenvalue weighted by Crippen LogP contribution is 2.44. The first-order valence-corrected chi connectivity index (χ1v) is 6.70. The lowest BCUT2D eigenvalue weighted by Gasteiger charge is -2.20. The second-order valence-electron chi connectivity index (χ2n) is 5.21.